The molecule has 33 heavy (non-hydrogen) atoms. The van der Waals surface area contributed by atoms with E-state index in [0.29, 0.717) is 18.7 Å². The fourth-order valence-corrected chi connectivity index (χ4v) is 5.98. The number of rotatable bonds is 7. The van der Waals surface area contributed by atoms with E-state index in [4.69, 9.17) is 16.3 Å². The predicted molar refractivity (Wildman–Crippen MR) is 132 cm³/mol. The minimum Gasteiger partial charge on any atom is -0.482 e. The van der Waals surface area contributed by atoms with Crippen LogP contribution in [0.25, 0.3) is 0 Å². The Balaban J connectivity index is 1.41. The second-order valence-corrected chi connectivity index (χ2v) is 10.9. The lowest BCUT2D eigenvalue weighted by Gasteiger charge is -2.20. The summed E-state index contributed by atoms with van der Waals surface area (Å²) in [6.45, 7) is 2.01. The minimum absolute atomic E-state index is 0.0734. The fraction of sp³-hybridized carbons (Fsp3) is 0.208. The highest BCUT2D eigenvalue weighted by atomic mass is 79.9. The van der Waals surface area contributed by atoms with Gasteiger partial charge < -0.3 is 10.1 Å². The molecular formula is C24H22BrClN2O4S. The Bertz CT molecular complexity index is 1300. The van der Waals surface area contributed by atoms with Crippen molar-refractivity contribution in [3.63, 3.8) is 0 Å². The first-order valence-electron chi connectivity index (χ1n) is 10.3. The number of fused-ring (bicyclic) bond motifs is 1. The van der Waals surface area contributed by atoms with Crippen LogP contribution in [0.15, 0.2) is 76.1 Å². The molecule has 1 aliphatic rings. The van der Waals surface area contributed by atoms with E-state index in [1.54, 1.807) is 6.07 Å². The van der Waals surface area contributed by atoms with Gasteiger partial charge in [0, 0.05) is 11.0 Å². The van der Waals surface area contributed by atoms with Crippen molar-refractivity contribution in [2.75, 3.05) is 17.5 Å². The maximum atomic E-state index is 13.2. The molecule has 1 N–H and O–H groups in total. The number of sulfonamides is 1. The first kappa shape index (κ1) is 23.6. The average Bonchev–Trinajstić information content (AvgIpc) is 3.23. The molecule has 0 aromatic heterocycles. The molecule has 1 heterocycles. The van der Waals surface area contributed by atoms with Crippen LogP contribution < -0.4 is 14.4 Å². The molecule has 1 amide bonds. The molecule has 0 unspecified atom stereocenters. The SMILES string of the molecule is C[C@H](NC(=O)COc1ccc(S(=O)(=O)N2CCc3ccccc32)cc1Cl)c1cccc(Br)c1. The highest BCUT2D eigenvalue weighted by Gasteiger charge is 2.31. The Morgan fingerprint density at radius 2 is 1.94 bits per heavy atom. The largest absolute Gasteiger partial charge is 0.482 e. The molecule has 6 nitrogen and oxygen atoms in total. The van der Waals surface area contributed by atoms with E-state index in [-0.39, 0.29) is 34.2 Å². The van der Waals surface area contributed by atoms with Gasteiger partial charge in [-0.3, -0.25) is 9.10 Å². The minimum atomic E-state index is -3.76. The molecule has 1 aliphatic heterocycles. The molecule has 0 aliphatic carbocycles. The van der Waals surface area contributed by atoms with Gasteiger partial charge in [-0.1, -0.05) is 57.9 Å². The van der Waals surface area contributed by atoms with Gasteiger partial charge >= 0.3 is 0 Å². The van der Waals surface area contributed by atoms with Gasteiger partial charge in [0.05, 0.1) is 21.6 Å². The van der Waals surface area contributed by atoms with E-state index < -0.39 is 10.0 Å². The lowest BCUT2D eigenvalue weighted by Crippen LogP contribution is -2.31. The number of nitrogens with zero attached hydrogens (tertiary/aromatic N) is 1. The lowest BCUT2D eigenvalue weighted by atomic mass is 10.1. The standard InChI is InChI=1S/C24H22BrClN2O4S/c1-16(18-6-4-7-19(25)13-18)27-24(29)15-32-23-10-9-20(14-21(23)26)33(30,31)28-12-11-17-5-2-3-8-22(17)28/h2-10,13-14,16H,11-12,15H2,1H3,(H,27,29)/t16-/m0/s1. The summed E-state index contributed by atoms with van der Waals surface area (Å²) < 4.78 is 34.2. The zero-order chi connectivity index (χ0) is 23.6. The van der Waals surface area contributed by atoms with Crippen molar-refractivity contribution in [1.82, 2.24) is 5.32 Å². The molecule has 1 atom stereocenters. The summed E-state index contributed by atoms with van der Waals surface area (Å²) in [5, 5.41) is 2.99. The molecule has 9 heteroatoms. The van der Waals surface area contributed by atoms with Gasteiger partial charge in [0.1, 0.15) is 5.75 Å². The number of ether oxygens (including phenoxy) is 1. The number of benzene rings is 3. The van der Waals surface area contributed by atoms with Crippen molar-refractivity contribution in [1.29, 1.82) is 0 Å². The van der Waals surface area contributed by atoms with Crippen LogP contribution in [-0.2, 0) is 21.2 Å². The van der Waals surface area contributed by atoms with E-state index in [0.717, 1.165) is 15.6 Å². The summed E-state index contributed by atoms with van der Waals surface area (Å²) in [5.41, 5.74) is 2.63. The highest BCUT2D eigenvalue weighted by molar-refractivity contribution is 9.10. The van der Waals surface area contributed by atoms with E-state index >= 15 is 0 Å². The van der Waals surface area contributed by atoms with Gasteiger partial charge in [0.25, 0.3) is 15.9 Å². The van der Waals surface area contributed by atoms with Gasteiger partial charge in [-0.05, 0) is 60.9 Å². The number of hydrogen-bond acceptors (Lipinski definition) is 4. The maximum Gasteiger partial charge on any atom is 0.264 e. The molecule has 3 aromatic rings. The molecule has 4 rings (SSSR count). The van der Waals surface area contributed by atoms with E-state index in [1.807, 2.05) is 49.4 Å². The second kappa shape index (κ2) is 9.75. The highest BCUT2D eigenvalue weighted by Crippen LogP contribution is 2.35. The average molecular weight is 550 g/mol. The first-order valence-corrected chi connectivity index (χ1v) is 12.9. The monoisotopic (exact) mass is 548 g/mol. The lowest BCUT2D eigenvalue weighted by molar-refractivity contribution is -0.123. The number of carbonyl (C=O) groups is 1. The van der Waals surface area contributed by atoms with Crippen LogP contribution >= 0.6 is 27.5 Å². The van der Waals surface area contributed by atoms with Crippen LogP contribution in [0.2, 0.25) is 5.02 Å². The molecular weight excluding hydrogens is 528 g/mol. The third-order valence-corrected chi connectivity index (χ3v) is 8.02. The van der Waals surface area contributed by atoms with E-state index in [2.05, 4.69) is 21.2 Å². The number of hydrogen-bond donors (Lipinski definition) is 1. The molecule has 172 valence electrons. The summed E-state index contributed by atoms with van der Waals surface area (Å²) in [4.78, 5) is 12.4. The van der Waals surface area contributed by atoms with Crippen molar-refractivity contribution in [3.8, 4) is 5.75 Å². The van der Waals surface area contributed by atoms with Crippen LogP contribution in [0.4, 0.5) is 5.69 Å². The molecule has 0 saturated carbocycles. The Kier molecular flexibility index (Phi) is 6.97. The Hall–Kier alpha value is -2.55. The van der Waals surface area contributed by atoms with Crippen molar-refractivity contribution >= 4 is 49.1 Å². The topological polar surface area (TPSA) is 75.7 Å². The van der Waals surface area contributed by atoms with Gasteiger partial charge in [-0.2, -0.15) is 0 Å². The van der Waals surface area contributed by atoms with Crippen LogP contribution in [0, 0.1) is 0 Å². The van der Waals surface area contributed by atoms with Crippen molar-refractivity contribution in [3.05, 3.63) is 87.4 Å². The second-order valence-electron chi connectivity index (χ2n) is 7.68. The summed E-state index contributed by atoms with van der Waals surface area (Å²) in [7, 11) is -3.76. The van der Waals surface area contributed by atoms with Crippen molar-refractivity contribution in [2.45, 2.75) is 24.3 Å². The van der Waals surface area contributed by atoms with Crippen LogP contribution in [0.5, 0.6) is 5.75 Å². The predicted octanol–water partition coefficient (Wildman–Crippen LogP) is 5.11. The number of amides is 1. The molecule has 0 bridgehead atoms. The fourth-order valence-electron chi connectivity index (χ4n) is 3.73. The summed E-state index contributed by atoms with van der Waals surface area (Å²) in [6, 6.07) is 19.2. The van der Waals surface area contributed by atoms with Crippen molar-refractivity contribution < 1.29 is 17.9 Å². The Morgan fingerprint density at radius 1 is 1.15 bits per heavy atom. The maximum absolute atomic E-state index is 13.2. The normalized spacial score (nSPS) is 14.0. The number of anilines is 1. The summed E-state index contributed by atoms with van der Waals surface area (Å²) >= 11 is 9.72. The first-order chi connectivity index (χ1) is 15.8. The zero-order valence-electron chi connectivity index (χ0n) is 17.8. The smallest absolute Gasteiger partial charge is 0.264 e. The van der Waals surface area contributed by atoms with Crippen LogP contribution in [-0.4, -0.2) is 27.5 Å². The quantitative estimate of drug-likeness (QED) is 0.444. The molecule has 0 saturated heterocycles. The molecule has 0 fully saturated rings. The van der Waals surface area contributed by atoms with Gasteiger partial charge in [0.2, 0.25) is 0 Å². The summed E-state index contributed by atoms with van der Waals surface area (Å²) in [6.07, 6.45) is 0.664. The Morgan fingerprint density at radius 3 is 2.70 bits per heavy atom. The van der Waals surface area contributed by atoms with E-state index in [9.17, 15) is 13.2 Å². The third kappa shape index (κ3) is 5.18. The molecule has 0 spiro atoms. The van der Waals surface area contributed by atoms with E-state index in [1.165, 1.54) is 22.5 Å². The third-order valence-electron chi connectivity index (χ3n) is 5.42. The molecule has 3 aromatic carbocycles. The number of halogens is 2. The zero-order valence-corrected chi connectivity index (χ0v) is 21.0. The number of carbonyl (C=O) groups excluding carboxylic acids is 1. The van der Waals surface area contributed by atoms with Gasteiger partial charge in [0.15, 0.2) is 6.61 Å². The molecule has 0 radical (unpaired) electrons. The number of para-hydroxylation sites is 1. The van der Waals surface area contributed by atoms with Gasteiger partial charge in [-0.25, -0.2) is 8.42 Å². The van der Waals surface area contributed by atoms with Crippen molar-refractivity contribution in [2.24, 2.45) is 0 Å². The number of nitrogens with one attached hydrogen (secondary N) is 1. The van der Waals surface area contributed by atoms with Crippen LogP contribution in [0.1, 0.15) is 24.1 Å². The Labute approximate surface area is 206 Å². The summed E-state index contributed by atoms with van der Waals surface area (Å²) in [5.74, 6) is -0.0772. The van der Waals surface area contributed by atoms with Crippen LogP contribution in [0.3, 0.4) is 0 Å². The van der Waals surface area contributed by atoms with Gasteiger partial charge in [-0.15, -0.1) is 0 Å².